The van der Waals surface area contributed by atoms with E-state index in [1.807, 2.05) is 0 Å². The zero-order chi connectivity index (χ0) is 19.0. The van der Waals surface area contributed by atoms with Crippen molar-refractivity contribution < 1.29 is 18.3 Å². The van der Waals surface area contributed by atoms with E-state index in [1.165, 1.54) is 17.7 Å². The van der Waals surface area contributed by atoms with E-state index in [4.69, 9.17) is 9.47 Å². The van der Waals surface area contributed by atoms with Crippen LogP contribution < -0.4 is 15.6 Å². The summed E-state index contributed by atoms with van der Waals surface area (Å²) in [5.74, 6) is -1.58. The fraction of sp³-hybridized carbons (Fsp3) is 0.278. The maximum absolute atomic E-state index is 13.8. The van der Waals surface area contributed by atoms with Gasteiger partial charge in [0, 0.05) is 31.3 Å². The predicted octanol–water partition coefficient (Wildman–Crippen LogP) is 3.02. The Morgan fingerprint density at radius 1 is 1.29 bits per heavy atom. The quantitative estimate of drug-likeness (QED) is 0.712. The Hall–Kier alpha value is -2.78. The second-order valence-corrected chi connectivity index (χ2v) is 6.23. The molecule has 7 nitrogen and oxygen atoms in total. The summed E-state index contributed by atoms with van der Waals surface area (Å²) in [6.07, 6.45) is 2.41. The maximum Gasteiger partial charge on any atom is 0.294 e. The molecule has 0 saturated carbocycles. The molecule has 28 heavy (non-hydrogen) atoms. The standard InChI is InChI=1S/C18H16F2N4O3.ClH/c1-24-16-10(8-21-18(23-16)22-12-4-5-26-9-12)6-15(17(24)25)27-14-3-2-11(19)7-13(14)20;/h2-3,6-8,12H,4-5,9H2,1H3,(H,21,22,23);1H/t12-;/m0./s1. The van der Waals surface area contributed by atoms with E-state index >= 15 is 0 Å². The number of nitrogens with zero attached hydrogens (tertiary/aromatic N) is 3. The van der Waals surface area contributed by atoms with Gasteiger partial charge in [0.15, 0.2) is 17.3 Å². The van der Waals surface area contributed by atoms with Crippen LogP contribution in [0.25, 0.3) is 11.0 Å². The van der Waals surface area contributed by atoms with Gasteiger partial charge in [-0.05, 0) is 24.6 Å². The molecular formula is C18H17ClF2N4O3. The molecule has 3 heterocycles. The molecule has 0 radical (unpaired) electrons. The van der Waals surface area contributed by atoms with Gasteiger partial charge >= 0.3 is 0 Å². The summed E-state index contributed by atoms with van der Waals surface area (Å²) in [4.78, 5) is 21.2. The monoisotopic (exact) mass is 410 g/mol. The van der Waals surface area contributed by atoms with Crippen LogP contribution >= 0.6 is 12.4 Å². The van der Waals surface area contributed by atoms with E-state index in [0.29, 0.717) is 36.3 Å². The van der Waals surface area contributed by atoms with Crippen molar-refractivity contribution in [1.29, 1.82) is 0 Å². The van der Waals surface area contributed by atoms with Gasteiger partial charge in [-0.3, -0.25) is 9.36 Å². The molecule has 1 aromatic carbocycles. The van der Waals surface area contributed by atoms with Crippen LogP contribution in [0.15, 0.2) is 35.3 Å². The molecule has 1 fully saturated rings. The van der Waals surface area contributed by atoms with Gasteiger partial charge in [0.05, 0.1) is 12.6 Å². The number of halogens is 3. The van der Waals surface area contributed by atoms with E-state index in [0.717, 1.165) is 18.6 Å². The minimum atomic E-state index is -0.897. The van der Waals surface area contributed by atoms with Gasteiger partial charge in [0.25, 0.3) is 5.56 Å². The van der Waals surface area contributed by atoms with E-state index in [-0.39, 0.29) is 29.9 Å². The molecule has 1 aliphatic rings. The third-order valence-corrected chi connectivity index (χ3v) is 4.29. The minimum absolute atomic E-state index is 0. The fourth-order valence-electron chi connectivity index (χ4n) is 2.87. The molecule has 10 heteroatoms. The average Bonchev–Trinajstić information content (AvgIpc) is 3.15. The van der Waals surface area contributed by atoms with Crippen molar-refractivity contribution in [2.24, 2.45) is 7.05 Å². The van der Waals surface area contributed by atoms with Crippen molar-refractivity contribution in [3.63, 3.8) is 0 Å². The Morgan fingerprint density at radius 2 is 2.11 bits per heavy atom. The number of pyridine rings is 1. The number of aryl methyl sites for hydroxylation is 1. The molecule has 0 amide bonds. The SMILES string of the molecule is Cl.Cn1c(=O)c(Oc2ccc(F)cc2F)cc2cnc(N[C@H]3CCOC3)nc21. The molecule has 1 aliphatic heterocycles. The lowest BCUT2D eigenvalue weighted by molar-refractivity contribution is 0.195. The number of hydrogen-bond acceptors (Lipinski definition) is 6. The molecular weight excluding hydrogens is 394 g/mol. The van der Waals surface area contributed by atoms with Crippen molar-refractivity contribution >= 4 is 29.4 Å². The summed E-state index contributed by atoms with van der Waals surface area (Å²) in [6.45, 7) is 1.26. The largest absolute Gasteiger partial charge is 0.448 e. The third kappa shape index (κ3) is 3.90. The molecule has 4 rings (SSSR count). The number of benzene rings is 1. The first kappa shape index (κ1) is 20.0. The van der Waals surface area contributed by atoms with Gasteiger partial charge in [-0.2, -0.15) is 4.98 Å². The van der Waals surface area contributed by atoms with E-state index in [1.54, 1.807) is 6.20 Å². The highest BCUT2D eigenvalue weighted by Crippen LogP contribution is 2.25. The summed E-state index contributed by atoms with van der Waals surface area (Å²) in [5, 5.41) is 3.71. The lowest BCUT2D eigenvalue weighted by Crippen LogP contribution is -2.22. The Balaban J connectivity index is 0.00000225. The van der Waals surface area contributed by atoms with Gasteiger partial charge in [0.2, 0.25) is 5.95 Å². The van der Waals surface area contributed by atoms with Crippen molar-refractivity contribution in [2.75, 3.05) is 18.5 Å². The lowest BCUT2D eigenvalue weighted by Gasteiger charge is -2.13. The molecule has 0 aliphatic carbocycles. The average molecular weight is 411 g/mol. The van der Waals surface area contributed by atoms with E-state index in [2.05, 4.69) is 15.3 Å². The first-order valence-electron chi connectivity index (χ1n) is 8.35. The molecule has 1 saturated heterocycles. The van der Waals surface area contributed by atoms with E-state index < -0.39 is 17.2 Å². The summed E-state index contributed by atoms with van der Waals surface area (Å²) in [5.41, 5.74) is -0.0941. The van der Waals surface area contributed by atoms with Gasteiger partial charge in [-0.15, -0.1) is 12.4 Å². The maximum atomic E-state index is 13.8. The lowest BCUT2D eigenvalue weighted by atomic mass is 10.3. The summed E-state index contributed by atoms with van der Waals surface area (Å²) < 4.78 is 38.8. The van der Waals surface area contributed by atoms with Crippen molar-refractivity contribution in [1.82, 2.24) is 14.5 Å². The predicted molar refractivity (Wildman–Crippen MR) is 101 cm³/mol. The van der Waals surface area contributed by atoms with Crippen LogP contribution in [-0.2, 0) is 11.8 Å². The number of nitrogens with one attached hydrogen (secondary N) is 1. The highest BCUT2D eigenvalue weighted by Gasteiger charge is 2.18. The normalized spacial score (nSPS) is 16.0. The number of ether oxygens (including phenoxy) is 2. The van der Waals surface area contributed by atoms with Gasteiger partial charge in [-0.25, -0.2) is 13.8 Å². The Bertz CT molecular complexity index is 1070. The fourth-order valence-corrected chi connectivity index (χ4v) is 2.87. The molecule has 1 atom stereocenters. The van der Waals surface area contributed by atoms with Crippen LogP contribution in [0.4, 0.5) is 14.7 Å². The van der Waals surface area contributed by atoms with Crippen LogP contribution in [0.2, 0.25) is 0 Å². The van der Waals surface area contributed by atoms with Crippen molar-refractivity contribution in [3.8, 4) is 11.5 Å². The second-order valence-electron chi connectivity index (χ2n) is 6.23. The van der Waals surface area contributed by atoms with Crippen LogP contribution in [0, 0.1) is 11.6 Å². The number of fused-ring (bicyclic) bond motifs is 1. The van der Waals surface area contributed by atoms with Crippen molar-refractivity contribution in [2.45, 2.75) is 12.5 Å². The first-order chi connectivity index (χ1) is 13.0. The summed E-state index contributed by atoms with van der Waals surface area (Å²) in [6, 6.07) is 4.43. The Kier molecular flexibility index (Phi) is 5.76. The topological polar surface area (TPSA) is 78.3 Å². The van der Waals surface area contributed by atoms with Gasteiger partial charge in [-0.1, -0.05) is 0 Å². The summed E-state index contributed by atoms with van der Waals surface area (Å²) >= 11 is 0. The zero-order valence-electron chi connectivity index (χ0n) is 14.8. The molecule has 2 aromatic heterocycles. The Morgan fingerprint density at radius 3 is 2.82 bits per heavy atom. The molecule has 3 aromatic rings. The third-order valence-electron chi connectivity index (χ3n) is 4.29. The highest BCUT2D eigenvalue weighted by molar-refractivity contribution is 5.85. The highest BCUT2D eigenvalue weighted by atomic mass is 35.5. The molecule has 148 valence electrons. The second kappa shape index (κ2) is 8.07. The van der Waals surface area contributed by atoms with Crippen LogP contribution in [0.3, 0.4) is 0 Å². The molecule has 0 bridgehead atoms. The van der Waals surface area contributed by atoms with Crippen LogP contribution in [0.5, 0.6) is 11.5 Å². The molecule has 0 spiro atoms. The van der Waals surface area contributed by atoms with Crippen LogP contribution in [-0.4, -0.2) is 33.8 Å². The summed E-state index contributed by atoms with van der Waals surface area (Å²) in [7, 11) is 1.54. The van der Waals surface area contributed by atoms with Crippen LogP contribution in [0.1, 0.15) is 6.42 Å². The number of hydrogen-bond donors (Lipinski definition) is 1. The van der Waals surface area contributed by atoms with Gasteiger partial charge in [0.1, 0.15) is 11.5 Å². The Labute approximate surface area is 164 Å². The smallest absolute Gasteiger partial charge is 0.294 e. The zero-order valence-corrected chi connectivity index (χ0v) is 15.6. The first-order valence-corrected chi connectivity index (χ1v) is 8.35. The molecule has 0 unspecified atom stereocenters. The molecule has 1 N–H and O–H groups in total. The minimum Gasteiger partial charge on any atom is -0.448 e. The van der Waals surface area contributed by atoms with Gasteiger partial charge < -0.3 is 14.8 Å². The number of aromatic nitrogens is 3. The number of rotatable bonds is 4. The van der Waals surface area contributed by atoms with E-state index in [9.17, 15) is 13.6 Å². The van der Waals surface area contributed by atoms with Crippen molar-refractivity contribution in [3.05, 3.63) is 52.5 Å². The number of anilines is 1.